The van der Waals surface area contributed by atoms with Gasteiger partial charge in [0.15, 0.2) is 11.2 Å². The molecule has 0 unspecified atom stereocenters. The van der Waals surface area contributed by atoms with Crippen molar-refractivity contribution in [3.05, 3.63) is 76.4 Å². The van der Waals surface area contributed by atoms with Gasteiger partial charge in [-0.15, -0.1) is 0 Å². The van der Waals surface area contributed by atoms with E-state index >= 15 is 0 Å². The van der Waals surface area contributed by atoms with Crippen LogP contribution in [-0.4, -0.2) is 22.3 Å². The van der Waals surface area contributed by atoms with Crippen LogP contribution in [0.3, 0.4) is 0 Å². The van der Waals surface area contributed by atoms with Crippen molar-refractivity contribution in [2.75, 3.05) is 6.54 Å². The second-order valence-electron chi connectivity index (χ2n) is 5.88. The Morgan fingerprint density at radius 2 is 2.00 bits per heavy atom. The van der Waals surface area contributed by atoms with Crippen LogP contribution in [-0.2, 0) is 0 Å². The van der Waals surface area contributed by atoms with Gasteiger partial charge in [0.05, 0.1) is 17.1 Å². The zero-order chi connectivity index (χ0) is 16.5. The number of hydrogen-bond donors (Lipinski definition) is 0. The molecular weight excluding hydrogens is 304 g/mol. The van der Waals surface area contributed by atoms with E-state index in [1.807, 2.05) is 18.2 Å². The summed E-state index contributed by atoms with van der Waals surface area (Å²) >= 11 is 0. The minimum absolute atomic E-state index is 0.0736. The second kappa shape index (κ2) is 5.92. The molecule has 1 atom stereocenters. The van der Waals surface area contributed by atoms with Crippen LogP contribution in [0.4, 0.5) is 0 Å². The predicted octanol–water partition coefficient (Wildman–Crippen LogP) is 3.17. The summed E-state index contributed by atoms with van der Waals surface area (Å²) in [5.74, 6) is -0.174. The van der Waals surface area contributed by atoms with E-state index in [-0.39, 0.29) is 23.1 Å². The quantitative estimate of drug-likeness (QED) is 0.727. The fraction of sp³-hybridized carbons (Fsp3) is 0.211. The van der Waals surface area contributed by atoms with E-state index in [4.69, 9.17) is 4.42 Å². The van der Waals surface area contributed by atoms with Crippen molar-refractivity contribution >= 4 is 16.9 Å². The maximum Gasteiger partial charge on any atom is 0.290 e. The van der Waals surface area contributed by atoms with Crippen LogP contribution < -0.4 is 5.43 Å². The Kier molecular flexibility index (Phi) is 3.61. The molecule has 3 aromatic rings. The van der Waals surface area contributed by atoms with Crippen molar-refractivity contribution in [3.8, 4) is 0 Å². The summed E-state index contributed by atoms with van der Waals surface area (Å²) in [5, 5.41) is 0.483. The van der Waals surface area contributed by atoms with E-state index < -0.39 is 0 Å². The van der Waals surface area contributed by atoms with Crippen LogP contribution >= 0.6 is 0 Å². The lowest BCUT2D eigenvalue weighted by atomic mass is 10.1. The summed E-state index contributed by atoms with van der Waals surface area (Å²) in [5.41, 5.74) is 1.10. The molecule has 24 heavy (non-hydrogen) atoms. The molecule has 1 aromatic carbocycles. The lowest BCUT2D eigenvalue weighted by Crippen LogP contribution is -2.31. The third-order valence-electron chi connectivity index (χ3n) is 4.39. The third kappa shape index (κ3) is 2.48. The summed E-state index contributed by atoms with van der Waals surface area (Å²) in [6.45, 7) is 0.636. The molecule has 5 heteroatoms. The Morgan fingerprint density at radius 3 is 2.83 bits per heavy atom. The van der Waals surface area contributed by atoms with Crippen molar-refractivity contribution in [3.63, 3.8) is 0 Å². The predicted molar refractivity (Wildman–Crippen MR) is 89.7 cm³/mol. The third-order valence-corrected chi connectivity index (χ3v) is 4.39. The molecule has 3 heterocycles. The number of aromatic nitrogens is 1. The number of amides is 1. The number of fused-ring (bicyclic) bond motifs is 1. The number of rotatable bonds is 2. The van der Waals surface area contributed by atoms with Crippen LogP contribution in [0.1, 0.15) is 35.1 Å². The highest BCUT2D eigenvalue weighted by Crippen LogP contribution is 2.32. The van der Waals surface area contributed by atoms with Crippen molar-refractivity contribution < 1.29 is 9.21 Å². The molecule has 0 N–H and O–H groups in total. The zero-order valence-electron chi connectivity index (χ0n) is 13.0. The summed E-state index contributed by atoms with van der Waals surface area (Å²) in [4.78, 5) is 31.2. The van der Waals surface area contributed by atoms with E-state index in [0.29, 0.717) is 17.5 Å². The van der Waals surface area contributed by atoms with E-state index in [0.717, 1.165) is 18.5 Å². The molecule has 0 aliphatic carbocycles. The van der Waals surface area contributed by atoms with Crippen molar-refractivity contribution in [2.45, 2.75) is 18.9 Å². The van der Waals surface area contributed by atoms with Gasteiger partial charge in [-0.05, 0) is 37.1 Å². The summed E-state index contributed by atoms with van der Waals surface area (Å²) < 4.78 is 5.69. The topological polar surface area (TPSA) is 63.4 Å². The Labute approximate surface area is 138 Å². The summed E-state index contributed by atoms with van der Waals surface area (Å²) in [7, 11) is 0. The van der Waals surface area contributed by atoms with Gasteiger partial charge in [0.2, 0.25) is 0 Å². The monoisotopic (exact) mass is 320 g/mol. The highest BCUT2D eigenvalue weighted by Gasteiger charge is 2.32. The first-order valence-electron chi connectivity index (χ1n) is 7.99. The van der Waals surface area contributed by atoms with Crippen molar-refractivity contribution in [1.82, 2.24) is 9.88 Å². The minimum atomic E-state index is -0.258. The van der Waals surface area contributed by atoms with Gasteiger partial charge < -0.3 is 9.32 Å². The Morgan fingerprint density at radius 1 is 1.17 bits per heavy atom. The number of likely N-dealkylation sites (tertiary alicyclic amines) is 1. The Hall–Kier alpha value is -2.95. The highest BCUT2D eigenvalue weighted by molar-refractivity contribution is 5.93. The number of hydrogen-bond acceptors (Lipinski definition) is 4. The summed E-state index contributed by atoms with van der Waals surface area (Å²) in [6.07, 6.45) is 3.50. The Bertz CT molecular complexity index is 949. The van der Waals surface area contributed by atoms with Crippen molar-refractivity contribution in [1.29, 1.82) is 0 Å². The standard InChI is InChI=1S/C19H16N2O3/c22-16-12-18(24-17-9-2-1-6-13(16)17)19(23)21-11-5-8-15(21)14-7-3-4-10-20-14/h1-4,6-7,9-10,12,15H,5,8,11H2/t15-/m1/s1. The molecule has 1 saturated heterocycles. The molecule has 0 bridgehead atoms. The molecule has 1 amide bonds. The van der Waals surface area contributed by atoms with Gasteiger partial charge >= 0.3 is 0 Å². The maximum atomic E-state index is 12.9. The molecule has 1 aliphatic rings. The highest BCUT2D eigenvalue weighted by atomic mass is 16.3. The molecule has 5 nitrogen and oxygen atoms in total. The molecule has 120 valence electrons. The molecule has 0 saturated carbocycles. The van der Waals surface area contributed by atoms with E-state index in [1.165, 1.54) is 6.07 Å². The number of benzene rings is 1. The second-order valence-corrected chi connectivity index (χ2v) is 5.88. The van der Waals surface area contributed by atoms with E-state index in [9.17, 15) is 9.59 Å². The average Bonchev–Trinajstić information content (AvgIpc) is 3.11. The molecular formula is C19H16N2O3. The Balaban J connectivity index is 1.72. The van der Waals surface area contributed by atoms with Gasteiger partial charge in [0.1, 0.15) is 5.58 Å². The smallest absolute Gasteiger partial charge is 0.290 e. The normalized spacial score (nSPS) is 17.3. The van der Waals surface area contributed by atoms with Crippen molar-refractivity contribution in [2.24, 2.45) is 0 Å². The maximum absolute atomic E-state index is 12.9. The fourth-order valence-corrected chi connectivity index (χ4v) is 3.24. The number of pyridine rings is 1. The first-order chi connectivity index (χ1) is 11.7. The average molecular weight is 320 g/mol. The van der Waals surface area contributed by atoms with Crippen LogP contribution in [0.25, 0.3) is 11.0 Å². The zero-order valence-corrected chi connectivity index (χ0v) is 13.0. The van der Waals surface area contributed by atoms with E-state index in [2.05, 4.69) is 4.98 Å². The van der Waals surface area contributed by atoms with Crippen LogP contribution in [0.5, 0.6) is 0 Å². The first kappa shape index (κ1) is 14.6. The van der Waals surface area contributed by atoms with Gasteiger partial charge in [0, 0.05) is 18.8 Å². The number of para-hydroxylation sites is 1. The minimum Gasteiger partial charge on any atom is -0.451 e. The lowest BCUT2D eigenvalue weighted by molar-refractivity contribution is 0.0701. The van der Waals surface area contributed by atoms with Crippen LogP contribution in [0.2, 0.25) is 0 Å². The number of carbonyl (C=O) groups is 1. The van der Waals surface area contributed by atoms with E-state index in [1.54, 1.807) is 35.4 Å². The molecule has 2 aromatic heterocycles. The fourth-order valence-electron chi connectivity index (χ4n) is 3.24. The lowest BCUT2D eigenvalue weighted by Gasteiger charge is -2.23. The molecule has 4 rings (SSSR count). The molecule has 1 aliphatic heterocycles. The van der Waals surface area contributed by atoms with Gasteiger partial charge in [-0.25, -0.2) is 0 Å². The number of carbonyl (C=O) groups excluding carboxylic acids is 1. The first-order valence-corrected chi connectivity index (χ1v) is 7.99. The SMILES string of the molecule is O=C(c1cc(=O)c2ccccc2o1)N1CCC[C@@H]1c1ccccn1. The largest absolute Gasteiger partial charge is 0.451 e. The molecule has 1 fully saturated rings. The summed E-state index contributed by atoms with van der Waals surface area (Å²) in [6, 6.07) is 13.9. The van der Waals surface area contributed by atoms with Gasteiger partial charge in [-0.3, -0.25) is 14.6 Å². The van der Waals surface area contributed by atoms with Gasteiger partial charge in [-0.2, -0.15) is 0 Å². The van der Waals surface area contributed by atoms with Crippen LogP contribution in [0.15, 0.2) is 63.9 Å². The van der Waals surface area contributed by atoms with Crippen LogP contribution in [0, 0.1) is 0 Å². The molecule has 0 spiro atoms. The van der Waals surface area contributed by atoms with Gasteiger partial charge in [0.25, 0.3) is 5.91 Å². The number of nitrogens with zero attached hydrogens (tertiary/aromatic N) is 2. The molecule has 0 radical (unpaired) electrons. The van der Waals surface area contributed by atoms with Gasteiger partial charge in [-0.1, -0.05) is 18.2 Å².